The molecule has 2 unspecified atom stereocenters. The van der Waals surface area contributed by atoms with Crippen molar-refractivity contribution in [3.8, 4) is 0 Å². The number of aliphatic hydroxyl groups is 2. The van der Waals surface area contributed by atoms with Gasteiger partial charge in [0.1, 0.15) is 6.10 Å². The van der Waals surface area contributed by atoms with Crippen LogP contribution in [0.3, 0.4) is 0 Å². The number of primary amides is 1. The molecule has 1 aromatic carbocycles. The van der Waals surface area contributed by atoms with E-state index in [4.69, 9.17) is 5.73 Å². The Bertz CT molecular complexity index is 462. The summed E-state index contributed by atoms with van der Waals surface area (Å²) in [6, 6.07) is 3.34. The van der Waals surface area contributed by atoms with E-state index in [9.17, 15) is 25.1 Å². The van der Waals surface area contributed by atoms with E-state index in [1.807, 2.05) is 0 Å². The third kappa shape index (κ3) is 3.91. The van der Waals surface area contributed by atoms with Gasteiger partial charge in [-0.2, -0.15) is 12.6 Å². The first-order valence-corrected chi connectivity index (χ1v) is 6.06. The number of non-ortho nitro benzene ring substituents is 1. The molecule has 0 fully saturated rings. The Balaban J connectivity index is 3.19. The Labute approximate surface area is 114 Å². The lowest BCUT2D eigenvalue weighted by Crippen LogP contribution is -2.20. The second kappa shape index (κ2) is 6.50. The van der Waals surface area contributed by atoms with Crippen LogP contribution in [0.15, 0.2) is 18.2 Å². The van der Waals surface area contributed by atoms with Gasteiger partial charge in [-0.25, -0.2) is 0 Å². The van der Waals surface area contributed by atoms with Crippen molar-refractivity contribution in [3.63, 3.8) is 0 Å². The van der Waals surface area contributed by atoms with Crippen LogP contribution in [0, 0.1) is 10.1 Å². The highest BCUT2D eigenvalue weighted by molar-refractivity contribution is 7.80. The van der Waals surface area contributed by atoms with Crippen molar-refractivity contribution in [1.82, 2.24) is 0 Å². The maximum Gasteiger partial charge on any atom is 0.270 e. The first-order valence-electron chi connectivity index (χ1n) is 5.43. The van der Waals surface area contributed by atoms with E-state index < -0.39 is 23.0 Å². The van der Waals surface area contributed by atoms with E-state index in [1.54, 1.807) is 0 Å². The molecule has 0 bridgehead atoms. The molecule has 0 saturated carbocycles. The van der Waals surface area contributed by atoms with E-state index >= 15 is 0 Å². The largest absolute Gasteiger partial charge is 0.390 e. The minimum Gasteiger partial charge on any atom is -0.390 e. The predicted molar refractivity (Wildman–Crippen MR) is 71.1 cm³/mol. The summed E-state index contributed by atoms with van der Waals surface area (Å²) >= 11 is 3.92. The highest BCUT2D eigenvalue weighted by Gasteiger charge is 2.22. The quantitative estimate of drug-likeness (QED) is 0.342. The summed E-state index contributed by atoms with van der Waals surface area (Å²) in [7, 11) is 0. The lowest BCUT2D eigenvalue weighted by molar-refractivity contribution is -0.385. The van der Waals surface area contributed by atoms with Gasteiger partial charge in [-0.15, -0.1) is 0 Å². The zero-order valence-corrected chi connectivity index (χ0v) is 10.8. The number of hydrogen-bond acceptors (Lipinski definition) is 6. The van der Waals surface area contributed by atoms with Crippen LogP contribution >= 0.6 is 12.6 Å². The zero-order valence-electron chi connectivity index (χ0n) is 9.89. The number of benzene rings is 1. The highest BCUT2D eigenvalue weighted by atomic mass is 32.1. The molecule has 0 radical (unpaired) electrons. The molecule has 8 heteroatoms. The standard InChI is InChI=1S/C11H14N2O5S/c12-11(16)7-3-6(4-8(5-7)13(17)18)10(15)9(14)1-2-19/h3-5,9-10,14-15,19H,1-2H2,(H2,12,16). The molecule has 0 saturated heterocycles. The van der Waals surface area contributed by atoms with Crippen LogP contribution in [-0.4, -0.2) is 32.9 Å². The van der Waals surface area contributed by atoms with Crippen molar-refractivity contribution in [2.24, 2.45) is 5.73 Å². The summed E-state index contributed by atoms with van der Waals surface area (Å²) in [4.78, 5) is 21.1. The summed E-state index contributed by atoms with van der Waals surface area (Å²) < 4.78 is 0. The number of aliphatic hydroxyl groups excluding tert-OH is 2. The van der Waals surface area contributed by atoms with Gasteiger partial charge in [-0.3, -0.25) is 14.9 Å². The fraction of sp³-hybridized carbons (Fsp3) is 0.364. The van der Waals surface area contributed by atoms with Crippen molar-refractivity contribution in [2.45, 2.75) is 18.6 Å². The first-order chi connectivity index (χ1) is 8.86. The average Bonchev–Trinajstić information content (AvgIpc) is 2.37. The van der Waals surface area contributed by atoms with Gasteiger partial charge in [0.15, 0.2) is 0 Å². The molecular weight excluding hydrogens is 272 g/mol. The number of nitrogens with two attached hydrogens (primary N) is 1. The van der Waals surface area contributed by atoms with Gasteiger partial charge in [-0.1, -0.05) is 0 Å². The fourth-order valence-electron chi connectivity index (χ4n) is 1.57. The van der Waals surface area contributed by atoms with Crippen LogP contribution in [0.2, 0.25) is 0 Å². The number of amides is 1. The van der Waals surface area contributed by atoms with E-state index in [-0.39, 0.29) is 23.2 Å². The van der Waals surface area contributed by atoms with Gasteiger partial charge in [0, 0.05) is 17.7 Å². The lowest BCUT2D eigenvalue weighted by Gasteiger charge is -2.17. The number of rotatable bonds is 6. The Kier molecular flexibility index (Phi) is 5.28. The molecule has 0 aliphatic carbocycles. The van der Waals surface area contributed by atoms with Crippen LogP contribution in [-0.2, 0) is 0 Å². The van der Waals surface area contributed by atoms with Crippen molar-refractivity contribution >= 4 is 24.2 Å². The van der Waals surface area contributed by atoms with Gasteiger partial charge in [0.05, 0.1) is 11.0 Å². The normalized spacial score (nSPS) is 13.8. The first kappa shape index (κ1) is 15.4. The molecule has 1 amide bonds. The molecule has 0 aliphatic heterocycles. The van der Waals surface area contributed by atoms with E-state index in [2.05, 4.69) is 12.6 Å². The highest BCUT2D eigenvalue weighted by Crippen LogP contribution is 2.25. The topological polar surface area (TPSA) is 127 Å². The Morgan fingerprint density at radius 3 is 2.53 bits per heavy atom. The average molecular weight is 286 g/mol. The monoisotopic (exact) mass is 286 g/mol. The predicted octanol–water partition coefficient (Wildman–Crippen LogP) is 0.408. The fourth-order valence-corrected chi connectivity index (χ4v) is 1.83. The summed E-state index contributed by atoms with van der Waals surface area (Å²) in [6.07, 6.45) is -2.26. The molecule has 0 heterocycles. The molecule has 0 aliphatic rings. The molecule has 7 nitrogen and oxygen atoms in total. The van der Waals surface area contributed by atoms with E-state index in [0.717, 1.165) is 12.1 Å². The minimum atomic E-state index is -1.34. The smallest absolute Gasteiger partial charge is 0.270 e. The maximum atomic E-state index is 11.1. The summed E-state index contributed by atoms with van der Waals surface area (Å²) in [5.74, 6) is -0.503. The van der Waals surface area contributed by atoms with Gasteiger partial charge in [0.2, 0.25) is 5.91 Å². The number of carbonyl (C=O) groups excluding carboxylic acids is 1. The van der Waals surface area contributed by atoms with E-state index in [0.29, 0.717) is 5.75 Å². The SMILES string of the molecule is NC(=O)c1cc(C(O)C(O)CCS)cc([N+](=O)[O-])c1. The molecule has 19 heavy (non-hydrogen) atoms. The van der Waals surface area contributed by atoms with Crippen molar-refractivity contribution < 1.29 is 19.9 Å². The number of nitro benzene ring substituents is 1. The van der Waals surface area contributed by atoms with Crippen LogP contribution < -0.4 is 5.73 Å². The Morgan fingerprint density at radius 1 is 1.42 bits per heavy atom. The second-order valence-electron chi connectivity index (χ2n) is 3.96. The van der Waals surface area contributed by atoms with Gasteiger partial charge < -0.3 is 15.9 Å². The third-order valence-electron chi connectivity index (χ3n) is 2.57. The number of hydrogen-bond donors (Lipinski definition) is 4. The zero-order chi connectivity index (χ0) is 14.6. The molecule has 0 spiro atoms. The number of nitrogens with zero attached hydrogens (tertiary/aromatic N) is 1. The third-order valence-corrected chi connectivity index (χ3v) is 2.82. The number of thiol groups is 1. The van der Waals surface area contributed by atoms with Gasteiger partial charge >= 0.3 is 0 Å². The summed E-state index contributed by atoms with van der Waals surface area (Å²) in [6.45, 7) is 0. The second-order valence-corrected chi connectivity index (χ2v) is 4.41. The Morgan fingerprint density at radius 2 is 2.05 bits per heavy atom. The van der Waals surface area contributed by atoms with Crippen LogP contribution in [0.1, 0.15) is 28.4 Å². The number of carbonyl (C=O) groups is 1. The molecule has 4 N–H and O–H groups in total. The van der Waals surface area contributed by atoms with Crippen molar-refractivity contribution in [2.75, 3.05) is 5.75 Å². The van der Waals surface area contributed by atoms with Crippen LogP contribution in [0.5, 0.6) is 0 Å². The van der Waals surface area contributed by atoms with Gasteiger partial charge in [-0.05, 0) is 23.8 Å². The number of nitro groups is 1. The summed E-state index contributed by atoms with van der Waals surface area (Å²) in [5.41, 5.74) is 4.67. The molecule has 2 atom stereocenters. The van der Waals surface area contributed by atoms with Crippen molar-refractivity contribution in [1.29, 1.82) is 0 Å². The van der Waals surface area contributed by atoms with Crippen LogP contribution in [0.25, 0.3) is 0 Å². The maximum absolute atomic E-state index is 11.1. The van der Waals surface area contributed by atoms with Crippen molar-refractivity contribution in [3.05, 3.63) is 39.4 Å². The molecule has 104 valence electrons. The molecule has 0 aromatic heterocycles. The van der Waals surface area contributed by atoms with Crippen LogP contribution in [0.4, 0.5) is 5.69 Å². The summed E-state index contributed by atoms with van der Waals surface area (Å²) in [5, 5.41) is 30.3. The van der Waals surface area contributed by atoms with Gasteiger partial charge in [0.25, 0.3) is 5.69 Å². The lowest BCUT2D eigenvalue weighted by atomic mass is 9.99. The van der Waals surface area contributed by atoms with E-state index in [1.165, 1.54) is 6.07 Å². The molecular formula is C11H14N2O5S. The molecule has 1 rings (SSSR count). The minimum absolute atomic E-state index is 0.0669. The molecule has 1 aromatic rings. The Hall–Kier alpha value is -1.64.